The molecule has 0 saturated carbocycles. The number of nitrogen functional groups attached to an aromatic ring is 1. The molecule has 3 heteroatoms. The number of nitrogens with two attached hydrogens (primary N) is 1. The van der Waals surface area contributed by atoms with Crippen molar-refractivity contribution in [3.05, 3.63) is 48.7 Å². The van der Waals surface area contributed by atoms with Crippen LogP contribution in [0.1, 0.15) is 0 Å². The van der Waals surface area contributed by atoms with E-state index in [0.717, 1.165) is 17.2 Å². The van der Waals surface area contributed by atoms with Crippen LogP contribution in [0.4, 0.5) is 17.2 Å². The molecule has 0 aliphatic rings. The second-order valence-electron chi connectivity index (χ2n) is 3.34. The molecule has 0 bridgehead atoms. The second-order valence-corrected chi connectivity index (χ2v) is 3.34. The molecule has 0 atom stereocenters. The van der Waals surface area contributed by atoms with Crippen LogP contribution < -0.4 is 10.6 Å². The average molecular weight is 199 g/mol. The number of para-hydroxylation sites is 1. The Balaban J connectivity index is 2.32. The zero-order valence-electron chi connectivity index (χ0n) is 8.59. The first kappa shape index (κ1) is 9.52. The summed E-state index contributed by atoms with van der Waals surface area (Å²) < 4.78 is 0. The molecule has 0 aliphatic carbocycles. The fourth-order valence-corrected chi connectivity index (χ4v) is 1.40. The highest BCUT2D eigenvalue weighted by Crippen LogP contribution is 2.21. The molecule has 76 valence electrons. The van der Waals surface area contributed by atoms with Gasteiger partial charge in [0.2, 0.25) is 0 Å². The molecule has 1 heterocycles. The molecule has 1 aromatic carbocycles. The van der Waals surface area contributed by atoms with E-state index >= 15 is 0 Å². The Morgan fingerprint density at radius 3 is 2.53 bits per heavy atom. The monoisotopic (exact) mass is 199 g/mol. The van der Waals surface area contributed by atoms with Crippen molar-refractivity contribution in [2.75, 3.05) is 17.7 Å². The van der Waals surface area contributed by atoms with Crippen LogP contribution in [0.2, 0.25) is 0 Å². The first-order valence-corrected chi connectivity index (χ1v) is 4.77. The van der Waals surface area contributed by atoms with Gasteiger partial charge < -0.3 is 10.6 Å². The summed E-state index contributed by atoms with van der Waals surface area (Å²) >= 11 is 0. The Bertz CT molecular complexity index is 440. The summed E-state index contributed by atoms with van der Waals surface area (Å²) in [6, 6.07) is 13.7. The van der Waals surface area contributed by atoms with Crippen LogP contribution in [0.25, 0.3) is 0 Å². The van der Waals surface area contributed by atoms with E-state index in [2.05, 4.69) is 4.98 Å². The third-order valence-corrected chi connectivity index (χ3v) is 2.26. The lowest BCUT2D eigenvalue weighted by Crippen LogP contribution is -2.11. The molecule has 0 radical (unpaired) electrons. The van der Waals surface area contributed by atoms with Gasteiger partial charge >= 0.3 is 0 Å². The lowest BCUT2D eigenvalue weighted by atomic mass is 10.3. The predicted octanol–water partition coefficient (Wildman–Crippen LogP) is 2.43. The third-order valence-electron chi connectivity index (χ3n) is 2.26. The van der Waals surface area contributed by atoms with Crippen molar-refractivity contribution >= 4 is 17.2 Å². The lowest BCUT2D eigenvalue weighted by molar-refractivity contribution is 1.13. The van der Waals surface area contributed by atoms with Crippen molar-refractivity contribution < 1.29 is 0 Å². The van der Waals surface area contributed by atoms with E-state index in [1.165, 1.54) is 0 Å². The van der Waals surface area contributed by atoms with E-state index in [0.29, 0.717) is 0 Å². The van der Waals surface area contributed by atoms with Crippen LogP contribution in [0, 0.1) is 0 Å². The third kappa shape index (κ3) is 2.07. The van der Waals surface area contributed by atoms with E-state index in [1.807, 2.05) is 48.3 Å². The van der Waals surface area contributed by atoms with Crippen LogP contribution in [0.3, 0.4) is 0 Å². The topological polar surface area (TPSA) is 42.1 Å². The maximum atomic E-state index is 5.71. The minimum atomic E-state index is 0.725. The molecule has 2 aromatic rings. The molecule has 3 nitrogen and oxygen atoms in total. The van der Waals surface area contributed by atoms with Gasteiger partial charge in [-0.15, -0.1) is 0 Å². The Morgan fingerprint density at radius 1 is 1.13 bits per heavy atom. The normalized spacial score (nSPS) is 9.93. The number of nitrogens with zero attached hydrogens (tertiary/aromatic N) is 2. The van der Waals surface area contributed by atoms with Gasteiger partial charge in [-0.2, -0.15) is 0 Å². The van der Waals surface area contributed by atoms with E-state index in [4.69, 9.17) is 5.73 Å². The minimum Gasteiger partial charge on any atom is -0.399 e. The van der Waals surface area contributed by atoms with Crippen LogP contribution in [-0.2, 0) is 0 Å². The fraction of sp³-hybridized carbons (Fsp3) is 0.0833. The SMILES string of the molecule is CN(c1ccccc1)c1cc(N)ccn1. The van der Waals surface area contributed by atoms with E-state index in [9.17, 15) is 0 Å². The Hall–Kier alpha value is -2.03. The van der Waals surface area contributed by atoms with Gasteiger partial charge in [0.05, 0.1) is 0 Å². The zero-order valence-corrected chi connectivity index (χ0v) is 8.59. The second kappa shape index (κ2) is 4.00. The first-order chi connectivity index (χ1) is 7.27. The summed E-state index contributed by atoms with van der Waals surface area (Å²) in [6.45, 7) is 0. The van der Waals surface area contributed by atoms with Crippen LogP contribution >= 0.6 is 0 Å². The number of rotatable bonds is 2. The van der Waals surface area contributed by atoms with Gasteiger partial charge in [0.1, 0.15) is 5.82 Å². The van der Waals surface area contributed by atoms with E-state index in [-0.39, 0.29) is 0 Å². The van der Waals surface area contributed by atoms with Crippen molar-refractivity contribution in [1.29, 1.82) is 0 Å². The molecule has 2 N–H and O–H groups in total. The molecule has 0 amide bonds. The van der Waals surface area contributed by atoms with E-state index in [1.54, 1.807) is 12.3 Å². The number of aromatic nitrogens is 1. The van der Waals surface area contributed by atoms with Crippen LogP contribution in [0.15, 0.2) is 48.7 Å². The fourth-order valence-electron chi connectivity index (χ4n) is 1.40. The quantitative estimate of drug-likeness (QED) is 0.807. The molecule has 1 aromatic heterocycles. The summed E-state index contributed by atoms with van der Waals surface area (Å²) in [6.07, 6.45) is 1.71. The number of benzene rings is 1. The highest BCUT2D eigenvalue weighted by molar-refractivity contribution is 5.61. The molecule has 15 heavy (non-hydrogen) atoms. The molecule has 0 unspecified atom stereocenters. The Morgan fingerprint density at radius 2 is 1.87 bits per heavy atom. The molecule has 0 spiro atoms. The first-order valence-electron chi connectivity index (χ1n) is 4.77. The number of hydrogen-bond donors (Lipinski definition) is 1. The molecule has 0 aliphatic heterocycles. The van der Waals surface area contributed by atoms with Crippen molar-refractivity contribution in [3.8, 4) is 0 Å². The summed E-state index contributed by atoms with van der Waals surface area (Å²) in [5.74, 6) is 0.848. The number of pyridine rings is 1. The highest BCUT2D eigenvalue weighted by Gasteiger charge is 2.03. The van der Waals surface area contributed by atoms with Gasteiger partial charge in [0.15, 0.2) is 0 Å². The smallest absolute Gasteiger partial charge is 0.134 e. The van der Waals surface area contributed by atoms with Crippen molar-refractivity contribution in [2.45, 2.75) is 0 Å². The molecule has 0 fully saturated rings. The lowest BCUT2D eigenvalue weighted by Gasteiger charge is -2.18. The van der Waals surface area contributed by atoms with Crippen molar-refractivity contribution in [1.82, 2.24) is 4.98 Å². The molecular formula is C12H13N3. The maximum absolute atomic E-state index is 5.71. The molecular weight excluding hydrogens is 186 g/mol. The van der Waals surface area contributed by atoms with Crippen LogP contribution in [-0.4, -0.2) is 12.0 Å². The number of anilines is 3. The van der Waals surface area contributed by atoms with E-state index < -0.39 is 0 Å². The van der Waals surface area contributed by atoms with Gasteiger partial charge in [0, 0.05) is 30.7 Å². The van der Waals surface area contributed by atoms with Crippen LogP contribution in [0.5, 0.6) is 0 Å². The summed E-state index contributed by atoms with van der Waals surface area (Å²) in [4.78, 5) is 6.26. The standard InChI is InChI=1S/C12H13N3/c1-15(11-5-3-2-4-6-11)12-9-10(13)7-8-14-12/h2-9H,1H3,(H2,13,14). The average Bonchev–Trinajstić information content (AvgIpc) is 2.29. The largest absolute Gasteiger partial charge is 0.399 e. The predicted molar refractivity (Wildman–Crippen MR) is 63.2 cm³/mol. The van der Waals surface area contributed by atoms with Gasteiger partial charge in [-0.25, -0.2) is 4.98 Å². The molecule has 2 rings (SSSR count). The molecule has 0 saturated heterocycles. The van der Waals surface area contributed by atoms with Crippen molar-refractivity contribution in [3.63, 3.8) is 0 Å². The summed E-state index contributed by atoms with van der Waals surface area (Å²) in [7, 11) is 1.97. The zero-order chi connectivity index (χ0) is 10.7. The van der Waals surface area contributed by atoms with Crippen molar-refractivity contribution in [2.24, 2.45) is 0 Å². The van der Waals surface area contributed by atoms with Gasteiger partial charge in [-0.3, -0.25) is 0 Å². The van der Waals surface area contributed by atoms with Gasteiger partial charge in [0.25, 0.3) is 0 Å². The Labute approximate surface area is 89.2 Å². The maximum Gasteiger partial charge on any atom is 0.134 e. The Kier molecular flexibility index (Phi) is 2.54. The number of hydrogen-bond acceptors (Lipinski definition) is 3. The minimum absolute atomic E-state index is 0.725. The van der Waals surface area contributed by atoms with Gasteiger partial charge in [-0.05, 0) is 18.2 Å². The summed E-state index contributed by atoms with van der Waals surface area (Å²) in [5.41, 5.74) is 7.53. The highest BCUT2D eigenvalue weighted by atomic mass is 15.2. The summed E-state index contributed by atoms with van der Waals surface area (Å²) in [5, 5.41) is 0. The van der Waals surface area contributed by atoms with Gasteiger partial charge in [-0.1, -0.05) is 18.2 Å².